The molecule has 5 nitrogen and oxygen atoms in total. The summed E-state index contributed by atoms with van der Waals surface area (Å²) in [6, 6.07) is 7.12. The van der Waals surface area contributed by atoms with E-state index >= 15 is 0 Å². The zero-order chi connectivity index (χ0) is 12.3. The van der Waals surface area contributed by atoms with Gasteiger partial charge in [-0.05, 0) is 26.0 Å². The predicted molar refractivity (Wildman–Crippen MR) is 64.4 cm³/mol. The number of benzene rings is 1. The fourth-order valence-electron chi connectivity index (χ4n) is 1.56. The Morgan fingerprint density at radius 2 is 1.88 bits per heavy atom. The van der Waals surface area contributed by atoms with Crippen LogP contribution in [0.25, 0.3) is 11.0 Å². The Balaban J connectivity index is 2.37. The van der Waals surface area contributed by atoms with Crippen LogP contribution in [0, 0.1) is 0 Å². The van der Waals surface area contributed by atoms with Crippen molar-refractivity contribution in [3.05, 3.63) is 30.1 Å². The van der Waals surface area contributed by atoms with Crippen LogP contribution in [0.3, 0.4) is 0 Å². The highest BCUT2D eigenvalue weighted by Crippen LogP contribution is 2.10. The highest BCUT2D eigenvalue weighted by molar-refractivity contribution is 5.73. The number of nitrogens with one attached hydrogen (secondary N) is 1. The molecule has 1 aromatic heterocycles. The number of hydrogen-bond donors (Lipinski definition) is 1. The van der Waals surface area contributed by atoms with Gasteiger partial charge in [-0.3, -0.25) is 5.32 Å². The van der Waals surface area contributed by atoms with Crippen LogP contribution in [0.5, 0.6) is 0 Å². The lowest BCUT2D eigenvalue weighted by Gasteiger charge is -2.13. The molecule has 1 atom stereocenters. The molecule has 17 heavy (non-hydrogen) atoms. The fourth-order valence-corrected chi connectivity index (χ4v) is 1.56. The van der Waals surface area contributed by atoms with Crippen LogP contribution in [0.4, 0.5) is 0 Å². The Morgan fingerprint density at radius 3 is 2.53 bits per heavy atom. The number of nitrogens with zero attached hydrogens (tertiary/aromatic N) is 3. The molecule has 0 fully saturated rings. The number of aromatic nitrogens is 3. The highest BCUT2D eigenvalue weighted by atomic mass is 16.1. The molecule has 88 valence electrons. The summed E-state index contributed by atoms with van der Waals surface area (Å²) in [6.07, 6.45) is 0.797. The van der Waals surface area contributed by atoms with Gasteiger partial charge in [-0.1, -0.05) is 12.1 Å². The SMILES string of the molecule is CC(C)NC(C=O)c1nnc2ccccc2n1. The van der Waals surface area contributed by atoms with Crippen molar-refractivity contribution in [3.63, 3.8) is 0 Å². The Morgan fingerprint density at radius 1 is 1.18 bits per heavy atom. The number of carbonyl (C=O) groups is 1. The van der Waals surface area contributed by atoms with Crippen LogP contribution in [0.15, 0.2) is 24.3 Å². The van der Waals surface area contributed by atoms with Crippen LogP contribution in [-0.2, 0) is 4.79 Å². The van der Waals surface area contributed by atoms with Crippen molar-refractivity contribution in [1.82, 2.24) is 20.5 Å². The van der Waals surface area contributed by atoms with Crippen molar-refractivity contribution in [3.8, 4) is 0 Å². The summed E-state index contributed by atoms with van der Waals surface area (Å²) in [6.45, 7) is 3.93. The number of aldehydes is 1. The second kappa shape index (κ2) is 4.97. The molecule has 2 rings (SSSR count). The molecule has 0 amide bonds. The molecular formula is C12H14N4O. The van der Waals surface area contributed by atoms with Crippen molar-refractivity contribution < 1.29 is 4.79 Å². The first kappa shape index (κ1) is 11.6. The molecule has 1 aromatic carbocycles. The van der Waals surface area contributed by atoms with E-state index < -0.39 is 6.04 Å². The normalized spacial score (nSPS) is 12.9. The van der Waals surface area contributed by atoms with Gasteiger partial charge in [0.1, 0.15) is 17.8 Å². The fraction of sp³-hybridized carbons (Fsp3) is 0.333. The molecule has 0 aliphatic rings. The van der Waals surface area contributed by atoms with Gasteiger partial charge in [0, 0.05) is 6.04 Å². The third-order valence-corrected chi connectivity index (χ3v) is 2.30. The van der Waals surface area contributed by atoms with E-state index in [0.717, 1.165) is 17.3 Å². The smallest absolute Gasteiger partial charge is 0.175 e. The van der Waals surface area contributed by atoms with Gasteiger partial charge in [0.05, 0.1) is 5.52 Å². The van der Waals surface area contributed by atoms with Crippen molar-refractivity contribution in [2.45, 2.75) is 25.9 Å². The minimum absolute atomic E-state index is 0.181. The van der Waals surface area contributed by atoms with E-state index in [1.807, 2.05) is 38.1 Å². The van der Waals surface area contributed by atoms with Crippen molar-refractivity contribution in [1.29, 1.82) is 0 Å². The highest BCUT2D eigenvalue weighted by Gasteiger charge is 2.15. The maximum atomic E-state index is 11.0. The Kier molecular flexibility index (Phi) is 3.39. The minimum atomic E-state index is -0.507. The van der Waals surface area contributed by atoms with E-state index in [2.05, 4.69) is 20.5 Å². The van der Waals surface area contributed by atoms with Gasteiger partial charge in [0.2, 0.25) is 0 Å². The van der Waals surface area contributed by atoms with Crippen molar-refractivity contribution >= 4 is 17.3 Å². The summed E-state index contributed by atoms with van der Waals surface area (Å²) in [7, 11) is 0. The standard InChI is InChI=1S/C12H14N4O/c1-8(2)13-11(7-17)12-14-9-5-3-4-6-10(9)15-16-12/h3-8,11,13H,1-2H3. The van der Waals surface area contributed by atoms with E-state index in [4.69, 9.17) is 0 Å². The molecule has 5 heteroatoms. The molecule has 0 bridgehead atoms. The van der Waals surface area contributed by atoms with Crippen LogP contribution in [-0.4, -0.2) is 27.5 Å². The molecular weight excluding hydrogens is 216 g/mol. The van der Waals surface area contributed by atoms with Crippen molar-refractivity contribution in [2.24, 2.45) is 0 Å². The quantitative estimate of drug-likeness (QED) is 0.801. The van der Waals surface area contributed by atoms with Crippen LogP contribution >= 0.6 is 0 Å². The van der Waals surface area contributed by atoms with Gasteiger partial charge >= 0.3 is 0 Å². The zero-order valence-corrected chi connectivity index (χ0v) is 9.79. The number of hydrogen-bond acceptors (Lipinski definition) is 5. The third kappa shape index (κ3) is 2.62. The third-order valence-electron chi connectivity index (χ3n) is 2.30. The van der Waals surface area contributed by atoms with Gasteiger partial charge in [0.15, 0.2) is 5.82 Å². The van der Waals surface area contributed by atoms with E-state index in [-0.39, 0.29) is 6.04 Å². The average Bonchev–Trinajstić information content (AvgIpc) is 2.35. The summed E-state index contributed by atoms with van der Waals surface area (Å²) < 4.78 is 0. The van der Waals surface area contributed by atoms with E-state index in [9.17, 15) is 4.79 Å². The first-order chi connectivity index (χ1) is 8.20. The summed E-state index contributed by atoms with van der Waals surface area (Å²) in [5, 5.41) is 11.1. The molecule has 0 aliphatic heterocycles. The van der Waals surface area contributed by atoms with Gasteiger partial charge in [-0.15, -0.1) is 10.2 Å². The summed E-state index contributed by atoms with van der Waals surface area (Å²) in [4.78, 5) is 15.3. The van der Waals surface area contributed by atoms with Gasteiger partial charge in [-0.2, -0.15) is 0 Å². The van der Waals surface area contributed by atoms with Gasteiger partial charge in [-0.25, -0.2) is 4.98 Å². The second-order valence-corrected chi connectivity index (χ2v) is 4.09. The first-order valence-electron chi connectivity index (χ1n) is 5.51. The summed E-state index contributed by atoms with van der Waals surface area (Å²) >= 11 is 0. The number of carbonyl (C=O) groups excluding carboxylic acids is 1. The largest absolute Gasteiger partial charge is 0.301 e. The molecule has 0 aliphatic carbocycles. The summed E-state index contributed by atoms with van der Waals surface area (Å²) in [5.41, 5.74) is 1.47. The molecule has 1 unspecified atom stereocenters. The van der Waals surface area contributed by atoms with Crippen LogP contribution in [0.2, 0.25) is 0 Å². The lowest BCUT2D eigenvalue weighted by atomic mass is 10.2. The number of para-hydroxylation sites is 1. The average molecular weight is 230 g/mol. The Labute approximate surface area is 99.3 Å². The van der Waals surface area contributed by atoms with E-state index in [1.165, 1.54) is 0 Å². The molecule has 0 saturated carbocycles. The maximum Gasteiger partial charge on any atom is 0.175 e. The summed E-state index contributed by atoms with van der Waals surface area (Å²) in [5.74, 6) is 0.410. The lowest BCUT2D eigenvalue weighted by Crippen LogP contribution is -2.30. The zero-order valence-electron chi connectivity index (χ0n) is 9.79. The number of fused-ring (bicyclic) bond motifs is 1. The maximum absolute atomic E-state index is 11.0. The lowest BCUT2D eigenvalue weighted by molar-refractivity contribution is -0.110. The predicted octanol–water partition coefficient (Wildman–Crippen LogP) is 1.26. The van der Waals surface area contributed by atoms with Gasteiger partial charge < -0.3 is 4.79 Å². The Hall–Kier alpha value is -1.88. The topological polar surface area (TPSA) is 67.8 Å². The van der Waals surface area contributed by atoms with E-state index in [1.54, 1.807) is 0 Å². The van der Waals surface area contributed by atoms with Crippen LogP contribution in [0.1, 0.15) is 25.7 Å². The molecule has 0 radical (unpaired) electrons. The van der Waals surface area contributed by atoms with E-state index in [0.29, 0.717) is 5.82 Å². The van der Waals surface area contributed by atoms with Crippen LogP contribution < -0.4 is 5.32 Å². The molecule has 1 heterocycles. The molecule has 2 aromatic rings. The molecule has 0 spiro atoms. The van der Waals surface area contributed by atoms with Crippen molar-refractivity contribution in [2.75, 3.05) is 0 Å². The second-order valence-electron chi connectivity index (χ2n) is 4.09. The first-order valence-corrected chi connectivity index (χ1v) is 5.51. The van der Waals surface area contributed by atoms with Gasteiger partial charge in [0.25, 0.3) is 0 Å². The molecule has 1 N–H and O–H groups in total. The number of rotatable bonds is 4. The minimum Gasteiger partial charge on any atom is -0.301 e. The Bertz CT molecular complexity index is 527. The monoisotopic (exact) mass is 230 g/mol. The molecule has 0 saturated heterocycles.